The fraction of sp³-hybridized carbons (Fsp3) is 0. The molecule has 0 saturated carbocycles. The summed E-state index contributed by atoms with van der Waals surface area (Å²) in [6.45, 7) is 0. The fourth-order valence-corrected chi connectivity index (χ4v) is 2.02. The van der Waals surface area contributed by atoms with Crippen LogP contribution in [0.25, 0.3) is 0 Å². The lowest BCUT2D eigenvalue weighted by atomic mass is 10.3. The highest BCUT2D eigenvalue weighted by Crippen LogP contribution is 2.33. The van der Waals surface area contributed by atoms with Gasteiger partial charge in [0.1, 0.15) is 4.90 Å². The topological polar surface area (TPSA) is 80.1 Å². The van der Waals surface area contributed by atoms with Crippen LogP contribution in [0.5, 0.6) is 5.75 Å². The summed E-state index contributed by atoms with van der Waals surface area (Å²) in [6.07, 6.45) is 0. The summed E-state index contributed by atoms with van der Waals surface area (Å²) in [5.74, 6) is -0.839. The minimum absolute atomic E-state index is 0.0497. The predicted molar refractivity (Wildman–Crippen MR) is 48.0 cm³/mol. The van der Waals surface area contributed by atoms with Gasteiger partial charge in [0.15, 0.2) is 0 Å². The number of hydrogen-bond acceptors (Lipinski definition) is 2. The van der Waals surface area contributed by atoms with Crippen molar-refractivity contribution in [2.24, 2.45) is 5.14 Å². The van der Waals surface area contributed by atoms with E-state index in [0.29, 0.717) is 0 Å². The average molecular weight is 241 g/mol. The molecule has 71 valence electrons. The van der Waals surface area contributed by atoms with Crippen LogP contribution < -0.4 is 5.14 Å². The van der Waals surface area contributed by atoms with Crippen LogP contribution in [0.15, 0.2) is 17.0 Å². The lowest BCUT2D eigenvalue weighted by Gasteiger charge is -2.01. The van der Waals surface area contributed by atoms with Crippen LogP contribution in [0.1, 0.15) is 0 Å². The molecule has 0 saturated heterocycles. The van der Waals surface area contributed by atoms with Crippen molar-refractivity contribution in [3.63, 3.8) is 0 Å². The minimum atomic E-state index is -4.06. The molecule has 2 N–H and O–H groups in total. The standard InChI is InChI=1S/C6H4Cl2NO3S/c7-3-1-4(8)6(10)5(2-3)13(9,11)12/h1-2H,(H2,9,11,12). The number of rotatable bonds is 1. The lowest BCUT2D eigenvalue weighted by Crippen LogP contribution is -2.12. The van der Waals surface area contributed by atoms with Crippen molar-refractivity contribution in [3.8, 4) is 5.75 Å². The Morgan fingerprint density at radius 3 is 2.23 bits per heavy atom. The number of nitrogens with two attached hydrogens (primary N) is 1. The SMILES string of the molecule is NS(=O)(=O)c1cc(Cl)cc(Cl)c1[O]. The third-order valence-corrected chi connectivity index (χ3v) is 2.70. The summed E-state index contributed by atoms with van der Waals surface area (Å²) in [5.41, 5.74) is 0. The normalized spacial score (nSPS) is 11.6. The largest absolute Gasteiger partial charge is 0.287 e. The Balaban J connectivity index is 3.56. The van der Waals surface area contributed by atoms with E-state index < -0.39 is 20.7 Å². The molecule has 1 rings (SSSR count). The monoisotopic (exact) mass is 240 g/mol. The van der Waals surface area contributed by atoms with Crippen molar-refractivity contribution in [3.05, 3.63) is 22.2 Å². The fourth-order valence-electron chi connectivity index (χ4n) is 0.748. The minimum Gasteiger partial charge on any atom is -0.287 e. The van der Waals surface area contributed by atoms with Crippen LogP contribution >= 0.6 is 23.2 Å². The maximum Gasteiger partial charge on any atom is 0.242 e. The van der Waals surface area contributed by atoms with Crippen LogP contribution in [0, 0.1) is 0 Å². The van der Waals surface area contributed by atoms with Crippen LogP contribution in [-0.2, 0) is 15.1 Å². The highest BCUT2D eigenvalue weighted by Gasteiger charge is 2.18. The number of benzene rings is 1. The number of halogens is 2. The van der Waals surface area contributed by atoms with Crippen molar-refractivity contribution in [2.45, 2.75) is 4.90 Å². The van der Waals surface area contributed by atoms with E-state index in [0.717, 1.165) is 12.1 Å². The molecule has 0 unspecified atom stereocenters. The molecule has 0 atom stereocenters. The zero-order chi connectivity index (χ0) is 10.2. The Labute approximate surface area is 84.9 Å². The molecule has 0 aliphatic rings. The zero-order valence-electron chi connectivity index (χ0n) is 6.12. The summed E-state index contributed by atoms with van der Waals surface area (Å²) in [6, 6.07) is 2.12. The molecule has 0 spiro atoms. The average Bonchev–Trinajstić information content (AvgIpc) is 1.94. The van der Waals surface area contributed by atoms with Crippen LogP contribution in [-0.4, -0.2) is 8.42 Å². The van der Waals surface area contributed by atoms with E-state index in [2.05, 4.69) is 0 Å². The van der Waals surface area contributed by atoms with Gasteiger partial charge in [-0.1, -0.05) is 23.2 Å². The summed E-state index contributed by atoms with van der Waals surface area (Å²) < 4.78 is 21.6. The third-order valence-electron chi connectivity index (χ3n) is 1.28. The van der Waals surface area contributed by atoms with Crippen molar-refractivity contribution in [1.82, 2.24) is 0 Å². The third kappa shape index (κ3) is 2.25. The Bertz CT molecular complexity index is 443. The maximum atomic E-state index is 11.1. The van der Waals surface area contributed by atoms with Gasteiger partial charge in [-0.15, -0.1) is 0 Å². The molecule has 0 amide bonds. The first kappa shape index (κ1) is 10.6. The van der Waals surface area contributed by atoms with Gasteiger partial charge in [-0.3, -0.25) is 5.11 Å². The van der Waals surface area contributed by atoms with E-state index in [-0.39, 0.29) is 10.0 Å². The zero-order valence-corrected chi connectivity index (χ0v) is 8.45. The highest BCUT2D eigenvalue weighted by molar-refractivity contribution is 7.89. The van der Waals surface area contributed by atoms with Crippen LogP contribution in [0.4, 0.5) is 0 Å². The van der Waals surface area contributed by atoms with E-state index in [1.165, 1.54) is 0 Å². The first-order valence-corrected chi connectivity index (χ1v) is 5.31. The molecule has 0 heterocycles. The van der Waals surface area contributed by atoms with Crippen LogP contribution in [0.2, 0.25) is 10.0 Å². The van der Waals surface area contributed by atoms with Gasteiger partial charge in [0, 0.05) is 5.02 Å². The molecular formula is C6H4Cl2NO3S. The molecule has 1 aromatic rings. The molecule has 0 aliphatic heterocycles. The summed E-state index contributed by atoms with van der Waals surface area (Å²) >= 11 is 10.9. The van der Waals surface area contributed by atoms with Gasteiger partial charge < -0.3 is 0 Å². The molecule has 0 fully saturated rings. The van der Waals surface area contributed by atoms with Gasteiger partial charge in [0.25, 0.3) is 0 Å². The molecule has 0 aliphatic carbocycles. The van der Waals surface area contributed by atoms with Gasteiger partial charge >= 0.3 is 0 Å². The van der Waals surface area contributed by atoms with Gasteiger partial charge in [-0.2, -0.15) is 0 Å². The van der Waals surface area contributed by atoms with Gasteiger partial charge in [0.2, 0.25) is 15.8 Å². The Morgan fingerprint density at radius 1 is 1.23 bits per heavy atom. The second kappa shape index (κ2) is 3.34. The quantitative estimate of drug-likeness (QED) is 0.813. The number of sulfonamides is 1. The molecule has 1 radical (unpaired) electrons. The molecule has 13 heavy (non-hydrogen) atoms. The number of primary sulfonamides is 1. The van der Waals surface area contributed by atoms with Gasteiger partial charge in [-0.05, 0) is 12.1 Å². The van der Waals surface area contributed by atoms with E-state index in [1.54, 1.807) is 0 Å². The molecule has 1 aromatic carbocycles. The van der Waals surface area contributed by atoms with Gasteiger partial charge in [-0.25, -0.2) is 13.6 Å². The van der Waals surface area contributed by atoms with Crippen molar-refractivity contribution in [1.29, 1.82) is 0 Å². The van der Waals surface area contributed by atoms with E-state index in [9.17, 15) is 13.5 Å². The summed E-state index contributed by atoms with van der Waals surface area (Å²) in [7, 11) is -4.06. The van der Waals surface area contributed by atoms with Crippen LogP contribution in [0.3, 0.4) is 0 Å². The van der Waals surface area contributed by atoms with Gasteiger partial charge in [0.05, 0.1) is 5.02 Å². The van der Waals surface area contributed by atoms with Crippen molar-refractivity contribution >= 4 is 33.2 Å². The Kier molecular flexibility index (Phi) is 2.72. The Hall–Kier alpha value is -0.490. The summed E-state index contributed by atoms with van der Waals surface area (Å²) in [4.78, 5) is -0.593. The molecule has 0 bridgehead atoms. The summed E-state index contributed by atoms with van der Waals surface area (Å²) in [5, 5.41) is 15.7. The first-order chi connectivity index (χ1) is 5.82. The lowest BCUT2D eigenvalue weighted by molar-refractivity contribution is 0.343. The predicted octanol–water partition coefficient (Wildman–Crippen LogP) is 1.78. The molecule has 7 heteroatoms. The molecule has 0 aromatic heterocycles. The van der Waals surface area contributed by atoms with E-state index >= 15 is 0 Å². The second-order valence-corrected chi connectivity index (χ2v) is 4.63. The second-order valence-electron chi connectivity index (χ2n) is 2.26. The smallest absolute Gasteiger partial charge is 0.242 e. The van der Waals surface area contributed by atoms with Crippen molar-refractivity contribution < 1.29 is 13.5 Å². The van der Waals surface area contributed by atoms with Crippen molar-refractivity contribution in [2.75, 3.05) is 0 Å². The highest BCUT2D eigenvalue weighted by atomic mass is 35.5. The Morgan fingerprint density at radius 2 is 1.77 bits per heavy atom. The van der Waals surface area contributed by atoms with E-state index in [1.807, 2.05) is 0 Å². The maximum absolute atomic E-state index is 11.1. The molecule has 4 nitrogen and oxygen atoms in total. The first-order valence-electron chi connectivity index (χ1n) is 3.01. The van der Waals surface area contributed by atoms with E-state index in [4.69, 9.17) is 28.3 Å². The molecular weight excluding hydrogens is 237 g/mol. The number of hydrogen-bond donors (Lipinski definition) is 1.